The van der Waals surface area contributed by atoms with Gasteiger partial charge in [-0.15, -0.1) is 0 Å². The number of nitrogen functional groups attached to an aromatic ring is 1. The summed E-state index contributed by atoms with van der Waals surface area (Å²) in [5, 5.41) is 7.22. The van der Waals surface area contributed by atoms with Crippen molar-refractivity contribution in [2.24, 2.45) is 0 Å². The first-order valence-electron chi connectivity index (χ1n) is 13.3. The van der Waals surface area contributed by atoms with Crippen molar-refractivity contribution in [3.05, 3.63) is 35.4 Å². The van der Waals surface area contributed by atoms with Gasteiger partial charge in [0.25, 0.3) is 0 Å². The van der Waals surface area contributed by atoms with Crippen LogP contribution < -0.4 is 21.3 Å². The van der Waals surface area contributed by atoms with Crippen LogP contribution in [0.1, 0.15) is 62.7 Å². The first kappa shape index (κ1) is 23.8. The number of hydrogen-bond donors (Lipinski definition) is 3. The van der Waals surface area contributed by atoms with Gasteiger partial charge < -0.3 is 26.0 Å². The number of anilines is 3. The predicted molar refractivity (Wildman–Crippen MR) is 144 cm³/mol. The molecule has 3 fully saturated rings. The topological polar surface area (TPSA) is 106 Å². The Bertz CT molecular complexity index is 1200. The van der Waals surface area contributed by atoms with E-state index in [0.717, 1.165) is 74.5 Å². The third-order valence-corrected chi connectivity index (χ3v) is 8.06. The van der Waals surface area contributed by atoms with Gasteiger partial charge in [-0.25, -0.2) is 4.98 Å². The van der Waals surface area contributed by atoms with Gasteiger partial charge in [0.2, 0.25) is 5.28 Å². The molecule has 2 aromatic heterocycles. The quantitative estimate of drug-likeness (QED) is 0.344. The number of benzene rings is 1. The van der Waals surface area contributed by atoms with Crippen molar-refractivity contribution < 1.29 is 4.74 Å². The molecule has 2 atom stereocenters. The minimum Gasteiger partial charge on any atom is -0.398 e. The number of nitrogens with two attached hydrogens (primary N) is 1. The van der Waals surface area contributed by atoms with E-state index in [2.05, 4.69) is 42.6 Å². The van der Waals surface area contributed by atoms with Crippen molar-refractivity contribution in [2.75, 3.05) is 48.7 Å². The Morgan fingerprint density at radius 1 is 1.06 bits per heavy atom. The molecule has 1 aliphatic carbocycles. The average molecular weight is 511 g/mol. The predicted octanol–water partition coefficient (Wildman–Crippen LogP) is 4.31. The summed E-state index contributed by atoms with van der Waals surface area (Å²) in [7, 11) is 0. The molecule has 4 heterocycles. The highest BCUT2D eigenvalue weighted by molar-refractivity contribution is 6.28. The summed E-state index contributed by atoms with van der Waals surface area (Å²) in [4.78, 5) is 16.1. The largest absolute Gasteiger partial charge is 0.398 e. The number of aromatic nitrogens is 4. The molecule has 9 nitrogen and oxygen atoms in total. The number of imidazole rings is 1. The Morgan fingerprint density at radius 2 is 1.89 bits per heavy atom. The molecular formula is C26H35ClN8O. The van der Waals surface area contributed by atoms with Crippen molar-refractivity contribution in [2.45, 2.75) is 63.1 Å². The number of nitrogens with one attached hydrogen (secondary N) is 2. The normalized spacial score (nSPS) is 23.8. The zero-order chi connectivity index (χ0) is 24.5. The second-order valence-electron chi connectivity index (χ2n) is 10.3. The molecule has 1 saturated carbocycles. The summed E-state index contributed by atoms with van der Waals surface area (Å²) in [6, 6.07) is 6.85. The smallest absolute Gasteiger partial charge is 0.226 e. The summed E-state index contributed by atoms with van der Waals surface area (Å²) in [5.41, 5.74) is 11.2. The van der Waals surface area contributed by atoms with Crippen LogP contribution in [0.15, 0.2) is 24.5 Å². The molecule has 2 unspecified atom stereocenters. The molecule has 6 rings (SSSR count). The van der Waals surface area contributed by atoms with Crippen LogP contribution in [-0.2, 0) is 4.74 Å². The van der Waals surface area contributed by atoms with E-state index in [9.17, 15) is 0 Å². The zero-order valence-corrected chi connectivity index (χ0v) is 21.4. The molecule has 3 aromatic rings. The molecule has 192 valence electrons. The van der Waals surface area contributed by atoms with E-state index in [4.69, 9.17) is 22.1 Å². The van der Waals surface area contributed by atoms with Crippen LogP contribution in [-0.4, -0.2) is 58.3 Å². The number of ether oxygens (including phenoxy) is 1. The second-order valence-corrected chi connectivity index (χ2v) is 10.6. The Morgan fingerprint density at radius 3 is 2.67 bits per heavy atom. The van der Waals surface area contributed by atoms with Crippen LogP contribution >= 0.6 is 11.6 Å². The molecule has 4 N–H and O–H groups in total. The standard InChI is InChI=1S/C26H35ClN8O/c27-26-32-24(31-18-4-2-1-3-5-18)23-25(33-26)35(16-30-23)22-9-6-17(15-36-22)20-14-19(7-8-21(20)28)34-12-10-29-11-13-34/h7-8,14,16-18,22,29H,1-6,9-13,15,28H2,(H,31,32,33). The van der Waals surface area contributed by atoms with E-state index in [-0.39, 0.29) is 17.4 Å². The van der Waals surface area contributed by atoms with Crippen LogP contribution in [0.3, 0.4) is 0 Å². The van der Waals surface area contributed by atoms with E-state index < -0.39 is 0 Å². The molecule has 36 heavy (non-hydrogen) atoms. The first-order chi connectivity index (χ1) is 17.7. The molecule has 1 aromatic carbocycles. The maximum atomic E-state index is 6.42. The minimum atomic E-state index is -0.141. The highest BCUT2D eigenvalue weighted by Crippen LogP contribution is 2.38. The van der Waals surface area contributed by atoms with Crippen LogP contribution in [0.25, 0.3) is 11.2 Å². The highest BCUT2D eigenvalue weighted by Gasteiger charge is 2.28. The first-order valence-corrected chi connectivity index (χ1v) is 13.7. The van der Waals surface area contributed by atoms with Gasteiger partial charge in [-0.05, 0) is 61.0 Å². The Labute approximate surface area is 216 Å². The molecule has 2 aliphatic heterocycles. The van der Waals surface area contributed by atoms with E-state index in [0.29, 0.717) is 12.6 Å². The van der Waals surface area contributed by atoms with Crippen LogP contribution in [0.5, 0.6) is 0 Å². The third-order valence-electron chi connectivity index (χ3n) is 7.89. The molecule has 0 bridgehead atoms. The molecule has 0 radical (unpaired) electrons. The van der Waals surface area contributed by atoms with E-state index >= 15 is 0 Å². The lowest BCUT2D eigenvalue weighted by Crippen LogP contribution is -2.43. The average Bonchev–Trinajstić information content (AvgIpc) is 3.34. The Balaban J connectivity index is 1.18. The summed E-state index contributed by atoms with van der Waals surface area (Å²) in [6.07, 6.45) is 9.58. The second kappa shape index (κ2) is 10.4. The van der Waals surface area contributed by atoms with Crippen molar-refractivity contribution >= 4 is 40.0 Å². The number of rotatable bonds is 5. The Kier molecular flexibility index (Phi) is 6.86. The van der Waals surface area contributed by atoms with Crippen LogP contribution in [0.4, 0.5) is 17.2 Å². The SMILES string of the molecule is Nc1ccc(N2CCNCC2)cc1C1CCC(n2cnc3c(NC4CCCCC4)nc(Cl)nc32)OC1. The number of halogens is 1. The van der Waals surface area contributed by atoms with Gasteiger partial charge in [-0.3, -0.25) is 4.57 Å². The monoisotopic (exact) mass is 510 g/mol. The molecule has 0 amide bonds. The van der Waals surface area contributed by atoms with Gasteiger partial charge in [0.1, 0.15) is 6.23 Å². The fraction of sp³-hybridized carbons (Fsp3) is 0.577. The lowest BCUT2D eigenvalue weighted by atomic mass is 9.91. The lowest BCUT2D eigenvalue weighted by Gasteiger charge is -2.33. The van der Waals surface area contributed by atoms with E-state index in [1.165, 1.54) is 30.5 Å². The van der Waals surface area contributed by atoms with Crippen LogP contribution in [0, 0.1) is 0 Å². The number of nitrogens with zero attached hydrogens (tertiary/aromatic N) is 5. The minimum absolute atomic E-state index is 0.141. The van der Waals surface area contributed by atoms with E-state index in [1.54, 1.807) is 0 Å². The number of fused-ring (bicyclic) bond motifs is 1. The molecular weight excluding hydrogens is 476 g/mol. The lowest BCUT2D eigenvalue weighted by molar-refractivity contribution is -0.0402. The van der Waals surface area contributed by atoms with Gasteiger partial charge in [-0.2, -0.15) is 9.97 Å². The van der Waals surface area contributed by atoms with Crippen molar-refractivity contribution in [3.63, 3.8) is 0 Å². The molecule has 0 spiro atoms. The van der Waals surface area contributed by atoms with Gasteiger partial charge >= 0.3 is 0 Å². The van der Waals surface area contributed by atoms with Crippen molar-refractivity contribution in [1.82, 2.24) is 24.8 Å². The summed E-state index contributed by atoms with van der Waals surface area (Å²) < 4.78 is 8.39. The van der Waals surface area contributed by atoms with E-state index in [1.807, 2.05) is 17.0 Å². The third kappa shape index (κ3) is 4.84. The van der Waals surface area contributed by atoms with Gasteiger partial charge in [0, 0.05) is 49.5 Å². The maximum Gasteiger partial charge on any atom is 0.226 e. The Hall–Kier alpha value is -2.62. The highest BCUT2D eigenvalue weighted by atomic mass is 35.5. The molecule has 2 saturated heterocycles. The summed E-state index contributed by atoms with van der Waals surface area (Å²) in [5.74, 6) is 0.988. The molecule has 10 heteroatoms. The zero-order valence-electron chi connectivity index (χ0n) is 20.6. The summed E-state index contributed by atoms with van der Waals surface area (Å²) in [6.45, 7) is 4.66. The maximum absolute atomic E-state index is 6.42. The van der Waals surface area contributed by atoms with Gasteiger partial charge in [-0.1, -0.05) is 19.3 Å². The number of hydrogen-bond acceptors (Lipinski definition) is 8. The van der Waals surface area contributed by atoms with Crippen molar-refractivity contribution in [3.8, 4) is 0 Å². The van der Waals surface area contributed by atoms with Gasteiger partial charge in [0.15, 0.2) is 17.0 Å². The summed E-state index contributed by atoms with van der Waals surface area (Å²) >= 11 is 6.34. The van der Waals surface area contributed by atoms with Crippen LogP contribution in [0.2, 0.25) is 5.28 Å². The fourth-order valence-corrected chi connectivity index (χ4v) is 6.04. The number of piperazine rings is 1. The van der Waals surface area contributed by atoms with Crippen molar-refractivity contribution in [1.29, 1.82) is 0 Å². The fourth-order valence-electron chi connectivity index (χ4n) is 5.88. The molecule has 3 aliphatic rings. The van der Waals surface area contributed by atoms with Gasteiger partial charge in [0.05, 0.1) is 12.9 Å².